The first kappa shape index (κ1) is 16.2. The van der Waals surface area contributed by atoms with Crippen molar-refractivity contribution in [3.05, 3.63) is 34.2 Å². The molecule has 0 bridgehead atoms. The van der Waals surface area contributed by atoms with Crippen molar-refractivity contribution in [2.75, 3.05) is 26.8 Å². The van der Waals surface area contributed by atoms with Gasteiger partial charge in [-0.25, -0.2) is 0 Å². The van der Waals surface area contributed by atoms with Gasteiger partial charge in [0, 0.05) is 50.0 Å². The fraction of sp³-hybridized carbons (Fsp3) is 0.667. The summed E-state index contributed by atoms with van der Waals surface area (Å²) in [7, 11) is 1.73. The van der Waals surface area contributed by atoms with Crippen LogP contribution in [-0.2, 0) is 11.3 Å². The zero-order valence-corrected chi connectivity index (χ0v) is 14.5. The highest BCUT2D eigenvalue weighted by molar-refractivity contribution is 5.94. The second kappa shape index (κ2) is 5.48. The summed E-state index contributed by atoms with van der Waals surface area (Å²) in [4.78, 5) is 26.7. The number of hydrogen-bond donors (Lipinski definition) is 0. The predicted octanol–water partition coefficient (Wildman–Crippen LogP) is 2.00. The van der Waals surface area contributed by atoms with Crippen molar-refractivity contribution in [1.82, 2.24) is 9.47 Å². The van der Waals surface area contributed by atoms with Gasteiger partial charge in [-0.3, -0.25) is 9.59 Å². The van der Waals surface area contributed by atoms with Crippen molar-refractivity contribution in [1.29, 1.82) is 0 Å². The number of likely N-dealkylation sites (tertiary alicyclic amines) is 1. The van der Waals surface area contributed by atoms with Crippen LogP contribution in [0.2, 0.25) is 0 Å². The van der Waals surface area contributed by atoms with Gasteiger partial charge in [0.2, 0.25) is 0 Å². The molecule has 2 atom stereocenters. The Balaban J connectivity index is 1.82. The number of aromatic nitrogens is 1. The van der Waals surface area contributed by atoms with Gasteiger partial charge in [0.05, 0.1) is 6.61 Å². The normalized spacial score (nSPS) is 28.3. The molecule has 0 aromatic carbocycles. The summed E-state index contributed by atoms with van der Waals surface area (Å²) in [6.07, 6.45) is 2.79. The Morgan fingerprint density at radius 2 is 2.17 bits per heavy atom. The largest absolute Gasteiger partial charge is 0.384 e. The SMILES string of the molecule is CCn1ccc(C(=O)N2C[C@@H]3C(C)(C)C[C@]3(COC)C2)cc1=O. The maximum atomic E-state index is 12.8. The van der Waals surface area contributed by atoms with E-state index in [1.807, 2.05) is 11.8 Å². The van der Waals surface area contributed by atoms with Crippen LogP contribution >= 0.6 is 0 Å². The molecule has 1 saturated heterocycles. The number of carbonyl (C=O) groups excluding carboxylic acids is 1. The van der Waals surface area contributed by atoms with Crippen molar-refractivity contribution in [2.45, 2.75) is 33.7 Å². The number of methoxy groups -OCH3 is 1. The summed E-state index contributed by atoms with van der Waals surface area (Å²) < 4.78 is 7.03. The molecule has 23 heavy (non-hydrogen) atoms. The molecular formula is C18H26N2O3. The standard InChI is InChI=1S/C18H26N2O3/c1-5-19-7-6-13(8-15(19)21)16(22)20-9-14-17(2,3)10-18(14,11-20)12-23-4/h6-8,14H,5,9-12H2,1-4H3/t14-,18-/m1/s1. The van der Waals surface area contributed by atoms with E-state index in [9.17, 15) is 9.59 Å². The topological polar surface area (TPSA) is 51.5 Å². The fourth-order valence-electron chi connectivity index (χ4n) is 4.85. The summed E-state index contributed by atoms with van der Waals surface area (Å²) in [5.41, 5.74) is 0.713. The molecule has 1 aromatic rings. The molecule has 2 heterocycles. The molecule has 1 amide bonds. The zero-order valence-electron chi connectivity index (χ0n) is 14.5. The van der Waals surface area contributed by atoms with Gasteiger partial charge < -0.3 is 14.2 Å². The molecule has 2 aliphatic rings. The quantitative estimate of drug-likeness (QED) is 0.853. The first-order valence-electron chi connectivity index (χ1n) is 8.32. The van der Waals surface area contributed by atoms with E-state index >= 15 is 0 Å². The van der Waals surface area contributed by atoms with E-state index in [0.717, 1.165) is 19.5 Å². The first-order chi connectivity index (χ1) is 10.8. The fourth-order valence-corrected chi connectivity index (χ4v) is 4.85. The number of nitrogens with zero attached hydrogens (tertiary/aromatic N) is 2. The number of pyridine rings is 1. The number of amides is 1. The lowest BCUT2D eigenvalue weighted by Gasteiger charge is -2.56. The molecule has 1 aliphatic carbocycles. The molecule has 126 valence electrons. The van der Waals surface area contributed by atoms with E-state index in [1.165, 1.54) is 6.07 Å². The van der Waals surface area contributed by atoms with Crippen LogP contribution in [-0.4, -0.2) is 42.2 Å². The summed E-state index contributed by atoms with van der Waals surface area (Å²) in [5, 5.41) is 0. The minimum absolute atomic E-state index is 0.0361. The van der Waals surface area contributed by atoms with Crippen LogP contribution in [0.1, 0.15) is 37.6 Å². The van der Waals surface area contributed by atoms with Crippen LogP contribution in [0.4, 0.5) is 0 Å². The van der Waals surface area contributed by atoms with Crippen molar-refractivity contribution in [3.63, 3.8) is 0 Å². The Hall–Kier alpha value is -1.62. The third-order valence-electron chi connectivity index (χ3n) is 5.70. The Labute approximate surface area is 137 Å². The van der Waals surface area contributed by atoms with Crippen molar-refractivity contribution < 1.29 is 9.53 Å². The van der Waals surface area contributed by atoms with Gasteiger partial charge in [0.25, 0.3) is 11.5 Å². The highest BCUT2D eigenvalue weighted by Gasteiger charge is 2.63. The first-order valence-corrected chi connectivity index (χ1v) is 8.32. The predicted molar refractivity (Wildman–Crippen MR) is 88.5 cm³/mol. The summed E-state index contributed by atoms with van der Waals surface area (Å²) >= 11 is 0. The maximum absolute atomic E-state index is 12.8. The Kier molecular flexibility index (Phi) is 3.87. The minimum atomic E-state index is -0.118. The van der Waals surface area contributed by atoms with Gasteiger partial charge >= 0.3 is 0 Å². The van der Waals surface area contributed by atoms with Gasteiger partial charge in [-0.15, -0.1) is 0 Å². The molecule has 3 rings (SSSR count). The van der Waals surface area contributed by atoms with Gasteiger partial charge in [0.1, 0.15) is 0 Å². The second-order valence-electron chi connectivity index (χ2n) is 7.74. The highest BCUT2D eigenvalue weighted by atomic mass is 16.5. The third kappa shape index (κ3) is 2.51. The van der Waals surface area contributed by atoms with Gasteiger partial charge in [-0.2, -0.15) is 0 Å². The van der Waals surface area contributed by atoms with Crippen molar-refractivity contribution in [3.8, 4) is 0 Å². The van der Waals surface area contributed by atoms with E-state index in [-0.39, 0.29) is 22.3 Å². The van der Waals surface area contributed by atoms with Crippen molar-refractivity contribution >= 4 is 5.91 Å². The molecule has 0 N–H and O–H groups in total. The van der Waals surface area contributed by atoms with E-state index in [0.29, 0.717) is 24.6 Å². The summed E-state index contributed by atoms with van der Waals surface area (Å²) in [6, 6.07) is 3.21. The summed E-state index contributed by atoms with van der Waals surface area (Å²) in [6.45, 7) is 9.24. The second-order valence-corrected chi connectivity index (χ2v) is 7.74. The van der Waals surface area contributed by atoms with Crippen LogP contribution in [0.5, 0.6) is 0 Å². The number of ether oxygens (including phenoxy) is 1. The zero-order chi connectivity index (χ0) is 16.8. The molecule has 0 unspecified atom stereocenters. The van der Waals surface area contributed by atoms with E-state index < -0.39 is 0 Å². The van der Waals surface area contributed by atoms with Crippen LogP contribution < -0.4 is 5.56 Å². The molecule has 1 aliphatic heterocycles. The molecular weight excluding hydrogens is 292 g/mol. The molecule has 5 nitrogen and oxygen atoms in total. The number of rotatable bonds is 4. The van der Waals surface area contributed by atoms with Crippen LogP contribution in [0.25, 0.3) is 0 Å². The average molecular weight is 318 g/mol. The molecule has 0 radical (unpaired) electrons. The Morgan fingerprint density at radius 1 is 1.43 bits per heavy atom. The van der Waals surface area contributed by atoms with Crippen LogP contribution in [0.3, 0.4) is 0 Å². The molecule has 5 heteroatoms. The number of fused-ring (bicyclic) bond motifs is 1. The van der Waals surface area contributed by atoms with Crippen LogP contribution in [0, 0.1) is 16.7 Å². The average Bonchev–Trinajstić information content (AvgIpc) is 2.81. The van der Waals surface area contributed by atoms with Crippen molar-refractivity contribution in [2.24, 2.45) is 16.7 Å². The lowest BCUT2D eigenvalue weighted by Crippen LogP contribution is -2.55. The monoisotopic (exact) mass is 318 g/mol. The maximum Gasteiger partial charge on any atom is 0.254 e. The minimum Gasteiger partial charge on any atom is -0.384 e. The van der Waals surface area contributed by atoms with Gasteiger partial charge in [-0.1, -0.05) is 13.8 Å². The Bertz CT molecular complexity index is 679. The third-order valence-corrected chi connectivity index (χ3v) is 5.70. The van der Waals surface area contributed by atoms with E-state index in [1.54, 1.807) is 23.9 Å². The number of aryl methyl sites for hydroxylation is 1. The highest BCUT2D eigenvalue weighted by Crippen LogP contribution is 2.62. The molecule has 2 fully saturated rings. The van der Waals surface area contributed by atoms with Gasteiger partial charge in [0.15, 0.2) is 0 Å². The van der Waals surface area contributed by atoms with Crippen LogP contribution in [0.15, 0.2) is 23.1 Å². The lowest BCUT2D eigenvalue weighted by molar-refractivity contribution is -0.107. The lowest BCUT2D eigenvalue weighted by atomic mass is 9.48. The number of hydrogen-bond acceptors (Lipinski definition) is 3. The molecule has 0 spiro atoms. The van der Waals surface area contributed by atoms with E-state index in [4.69, 9.17) is 4.74 Å². The van der Waals surface area contributed by atoms with E-state index in [2.05, 4.69) is 13.8 Å². The Morgan fingerprint density at radius 3 is 2.74 bits per heavy atom. The number of carbonyl (C=O) groups is 1. The molecule has 1 saturated carbocycles. The summed E-state index contributed by atoms with van der Waals surface area (Å²) in [5.74, 6) is 0.431. The smallest absolute Gasteiger partial charge is 0.254 e. The van der Waals surface area contributed by atoms with Gasteiger partial charge in [-0.05, 0) is 30.7 Å². The molecule has 1 aromatic heterocycles.